The number of aryl methyl sites for hydroxylation is 1. The van der Waals surface area contributed by atoms with Gasteiger partial charge in [-0.25, -0.2) is 0 Å². The molecule has 1 unspecified atom stereocenters. The molecule has 2 heterocycles. The summed E-state index contributed by atoms with van der Waals surface area (Å²) in [5.41, 5.74) is 2.03. The smallest absolute Gasteiger partial charge is 0.271 e. The Balaban J connectivity index is 1.45. The molecule has 3 aromatic rings. The Hall–Kier alpha value is -3.08. The minimum absolute atomic E-state index is 0.0270. The second-order valence-electron chi connectivity index (χ2n) is 9.45. The summed E-state index contributed by atoms with van der Waals surface area (Å²) in [5.74, 6) is -0.0783. The van der Waals surface area contributed by atoms with Crippen molar-refractivity contribution in [1.29, 1.82) is 0 Å². The van der Waals surface area contributed by atoms with Gasteiger partial charge >= 0.3 is 0 Å². The van der Waals surface area contributed by atoms with Crippen LogP contribution in [-0.4, -0.2) is 39.4 Å². The second-order valence-corrected chi connectivity index (χ2v) is 9.45. The van der Waals surface area contributed by atoms with Crippen molar-refractivity contribution < 1.29 is 9.59 Å². The number of rotatable bonds is 6. The highest BCUT2D eigenvalue weighted by molar-refractivity contribution is 6.03. The highest BCUT2D eigenvalue weighted by atomic mass is 16.2. The Kier molecular flexibility index (Phi) is 5.50. The number of aromatic nitrogens is 1. The molecular weight excluding hydrogens is 398 g/mol. The number of hydrogen-bond donors (Lipinski definition) is 1. The summed E-state index contributed by atoms with van der Waals surface area (Å²) in [6.45, 7) is 2.98. The lowest BCUT2D eigenvalue weighted by Crippen LogP contribution is -2.64. The summed E-state index contributed by atoms with van der Waals surface area (Å²) in [6.07, 6.45) is 6.08. The summed E-state index contributed by atoms with van der Waals surface area (Å²) in [7, 11) is 0. The van der Waals surface area contributed by atoms with E-state index in [2.05, 4.69) is 17.4 Å². The fourth-order valence-electron chi connectivity index (χ4n) is 5.35. The van der Waals surface area contributed by atoms with Gasteiger partial charge in [-0.1, -0.05) is 61.4 Å². The lowest BCUT2D eigenvalue weighted by Gasteiger charge is -2.44. The van der Waals surface area contributed by atoms with Crippen LogP contribution in [0.25, 0.3) is 10.9 Å². The Bertz CT molecular complexity index is 1130. The van der Waals surface area contributed by atoms with Gasteiger partial charge < -0.3 is 14.8 Å². The molecular formula is C27H31N3O2. The Labute approximate surface area is 189 Å². The fraction of sp³-hybridized carbons (Fsp3) is 0.407. The van der Waals surface area contributed by atoms with Gasteiger partial charge in [0.2, 0.25) is 5.91 Å². The molecule has 0 radical (unpaired) electrons. The van der Waals surface area contributed by atoms with E-state index in [1.54, 1.807) is 0 Å². The van der Waals surface area contributed by atoms with Gasteiger partial charge in [-0.15, -0.1) is 0 Å². The van der Waals surface area contributed by atoms with Crippen molar-refractivity contribution in [1.82, 2.24) is 14.8 Å². The molecule has 2 aromatic carbocycles. The van der Waals surface area contributed by atoms with Crippen molar-refractivity contribution in [3.05, 3.63) is 71.9 Å². The number of nitrogens with one attached hydrogen (secondary N) is 1. The molecule has 1 aliphatic carbocycles. The van der Waals surface area contributed by atoms with E-state index in [-0.39, 0.29) is 17.9 Å². The van der Waals surface area contributed by atoms with Gasteiger partial charge in [-0.2, -0.15) is 0 Å². The van der Waals surface area contributed by atoms with Crippen LogP contribution in [-0.2, 0) is 17.8 Å². The predicted molar refractivity (Wildman–Crippen MR) is 127 cm³/mol. The molecule has 2 aliphatic rings. The number of benzene rings is 2. The quantitative estimate of drug-likeness (QED) is 0.625. The predicted octanol–water partition coefficient (Wildman–Crippen LogP) is 4.55. The largest absolute Gasteiger partial charge is 0.351 e. The summed E-state index contributed by atoms with van der Waals surface area (Å²) in [6, 6.07) is 20.6. The summed E-state index contributed by atoms with van der Waals surface area (Å²) in [4.78, 5) is 29.2. The van der Waals surface area contributed by atoms with E-state index < -0.39 is 5.54 Å². The van der Waals surface area contributed by atoms with E-state index in [4.69, 9.17) is 0 Å². The van der Waals surface area contributed by atoms with E-state index in [1.807, 2.05) is 64.9 Å². The lowest BCUT2D eigenvalue weighted by atomic mass is 9.93. The molecule has 1 aromatic heterocycles. The highest BCUT2D eigenvalue weighted by Gasteiger charge is 2.47. The molecule has 1 saturated carbocycles. The molecule has 166 valence electrons. The minimum atomic E-state index is -0.912. The van der Waals surface area contributed by atoms with Gasteiger partial charge in [0.15, 0.2) is 0 Å². The zero-order valence-electron chi connectivity index (χ0n) is 18.7. The third-order valence-corrected chi connectivity index (χ3v) is 7.21. The third-order valence-electron chi connectivity index (χ3n) is 7.21. The molecule has 5 heteroatoms. The zero-order chi connectivity index (χ0) is 22.1. The molecule has 0 spiro atoms. The molecule has 32 heavy (non-hydrogen) atoms. The lowest BCUT2D eigenvalue weighted by molar-refractivity contribution is -0.133. The van der Waals surface area contributed by atoms with Crippen LogP contribution >= 0.6 is 0 Å². The zero-order valence-corrected chi connectivity index (χ0v) is 18.7. The Morgan fingerprint density at radius 2 is 1.78 bits per heavy atom. The monoisotopic (exact) mass is 429 g/mol. The van der Waals surface area contributed by atoms with Crippen molar-refractivity contribution in [3.8, 4) is 0 Å². The van der Waals surface area contributed by atoms with E-state index in [9.17, 15) is 9.59 Å². The Morgan fingerprint density at radius 1 is 1.06 bits per heavy atom. The van der Waals surface area contributed by atoms with E-state index in [1.165, 1.54) is 5.56 Å². The molecule has 5 rings (SSSR count). The van der Waals surface area contributed by atoms with Crippen LogP contribution in [0.15, 0.2) is 60.7 Å². The van der Waals surface area contributed by atoms with Gasteiger partial charge in [-0.3, -0.25) is 9.59 Å². The Morgan fingerprint density at radius 3 is 2.56 bits per heavy atom. The summed E-state index contributed by atoms with van der Waals surface area (Å²) < 4.78 is 2.04. The molecule has 1 atom stereocenters. The van der Waals surface area contributed by atoms with Gasteiger partial charge in [0.05, 0.1) is 6.54 Å². The molecule has 5 nitrogen and oxygen atoms in total. The van der Waals surface area contributed by atoms with Crippen molar-refractivity contribution in [3.63, 3.8) is 0 Å². The summed E-state index contributed by atoms with van der Waals surface area (Å²) >= 11 is 0. The number of hydrogen-bond acceptors (Lipinski definition) is 2. The molecule has 1 N–H and O–H groups in total. The molecule has 2 amide bonds. The topological polar surface area (TPSA) is 54.3 Å². The molecule has 0 bridgehead atoms. The number of fused-ring (bicyclic) bond motifs is 3. The number of nitrogens with zero attached hydrogens (tertiary/aromatic N) is 2. The fourth-order valence-corrected chi connectivity index (χ4v) is 5.35. The van der Waals surface area contributed by atoms with E-state index >= 15 is 0 Å². The average molecular weight is 430 g/mol. The maximum atomic E-state index is 13.7. The standard InChI is InChI=1S/C27H31N3O2/c1-27(26(32)28-22-14-6-7-15-22)19-29-23-16-8-5-13-21(23)18-24(29)25(31)30(27)17-9-12-20-10-3-2-4-11-20/h2-5,8,10-11,13,16,18,22H,6-7,9,12,14-15,17,19H2,1H3,(H,28,32). The first-order chi connectivity index (χ1) is 15.6. The van der Waals surface area contributed by atoms with Crippen LogP contribution < -0.4 is 5.32 Å². The van der Waals surface area contributed by atoms with Crippen LogP contribution in [0.5, 0.6) is 0 Å². The van der Waals surface area contributed by atoms with E-state index in [0.717, 1.165) is 49.4 Å². The van der Waals surface area contributed by atoms with Crippen LogP contribution in [0.2, 0.25) is 0 Å². The first-order valence-electron chi connectivity index (χ1n) is 11.8. The second kappa shape index (κ2) is 8.45. The van der Waals surface area contributed by atoms with Gasteiger partial charge in [0, 0.05) is 23.5 Å². The van der Waals surface area contributed by atoms with Crippen LogP contribution in [0.1, 0.15) is 55.1 Å². The SMILES string of the molecule is CC1(C(=O)NC2CCCC2)Cn2c(cc3ccccc32)C(=O)N1CCCc1ccccc1. The van der Waals surface area contributed by atoms with Gasteiger partial charge in [0.1, 0.15) is 11.2 Å². The summed E-state index contributed by atoms with van der Waals surface area (Å²) in [5, 5.41) is 4.31. The maximum absolute atomic E-state index is 13.7. The van der Waals surface area contributed by atoms with Crippen LogP contribution in [0.4, 0.5) is 0 Å². The molecule has 0 saturated heterocycles. The van der Waals surface area contributed by atoms with Crippen molar-refractivity contribution in [2.24, 2.45) is 0 Å². The molecule has 1 aliphatic heterocycles. The molecule has 1 fully saturated rings. The van der Waals surface area contributed by atoms with Crippen LogP contribution in [0, 0.1) is 0 Å². The van der Waals surface area contributed by atoms with Crippen molar-refractivity contribution in [2.75, 3.05) is 6.54 Å². The minimum Gasteiger partial charge on any atom is -0.351 e. The van der Waals surface area contributed by atoms with Gasteiger partial charge in [0.25, 0.3) is 5.91 Å². The normalized spacial score (nSPS) is 21.2. The van der Waals surface area contributed by atoms with Crippen molar-refractivity contribution in [2.45, 2.75) is 63.6 Å². The van der Waals surface area contributed by atoms with Gasteiger partial charge in [-0.05, 0) is 50.3 Å². The first-order valence-corrected chi connectivity index (χ1v) is 11.8. The van der Waals surface area contributed by atoms with Crippen LogP contribution in [0.3, 0.4) is 0 Å². The van der Waals surface area contributed by atoms with Crippen molar-refractivity contribution >= 4 is 22.7 Å². The number of amides is 2. The highest BCUT2D eigenvalue weighted by Crippen LogP contribution is 2.33. The maximum Gasteiger partial charge on any atom is 0.271 e. The number of carbonyl (C=O) groups excluding carboxylic acids is 2. The first kappa shape index (κ1) is 20.8. The third kappa shape index (κ3) is 3.70. The number of para-hydroxylation sites is 1. The van der Waals surface area contributed by atoms with E-state index in [0.29, 0.717) is 18.8 Å². The number of carbonyl (C=O) groups is 2. The average Bonchev–Trinajstić information content (AvgIpc) is 3.45.